The Hall–Kier alpha value is -0.860. The number of nitrogens with one attached hydrogen (secondary N) is 1. The Labute approximate surface area is 123 Å². The van der Waals surface area contributed by atoms with E-state index in [9.17, 15) is 0 Å². The highest BCUT2D eigenvalue weighted by Crippen LogP contribution is 2.35. The van der Waals surface area contributed by atoms with Crippen molar-refractivity contribution in [3.8, 4) is 0 Å². The summed E-state index contributed by atoms with van der Waals surface area (Å²) in [4.78, 5) is 2.74. The lowest BCUT2D eigenvalue weighted by Gasteiger charge is -2.32. The summed E-state index contributed by atoms with van der Waals surface area (Å²) in [7, 11) is 0. The van der Waals surface area contributed by atoms with Gasteiger partial charge in [-0.15, -0.1) is 0 Å². The summed E-state index contributed by atoms with van der Waals surface area (Å²) in [5, 5.41) is 3.65. The van der Waals surface area contributed by atoms with Gasteiger partial charge in [0.25, 0.3) is 0 Å². The van der Waals surface area contributed by atoms with Crippen molar-refractivity contribution < 1.29 is 0 Å². The first-order valence-corrected chi connectivity index (χ1v) is 8.21. The number of hydrogen-bond acceptors (Lipinski definition) is 2. The molecule has 2 atom stereocenters. The second-order valence-corrected chi connectivity index (χ2v) is 6.74. The summed E-state index contributed by atoms with van der Waals surface area (Å²) >= 11 is 0. The first-order valence-electron chi connectivity index (χ1n) is 8.21. The third kappa shape index (κ3) is 3.07. The predicted molar refractivity (Wildman–Crippen MR) is 85.1 cm³/mol. The second-order valence-electron chi connectivity index (χ2n) is 6.74. The zero-order valence-electron chi connectivity index (χ0n) is 13.2. The van der Waals surface area contributed by atoms with Crippen molar-refractivity contribution in [1.29, 1.82) is 0 Å². The zero-order valence-corrected chi connectivity index (χ0v) is 13.2. The van der Waals surface area contributed by atoms with Gasteiger partial charge >= 0.3 is 0 Å². The Bertz CT molecular complexity index is 458. The summed E-state index contributed by atoms with van der Waals surface area (Å²) in [6.07, 6.45) is 5.48. The van der Waals surface area contributed by atoms with E-state index < -0.39 is 0 Å². The first-order chi connectivity index (χ1) is 9.65. The zero-order chi connectivity index (χ0) is 14.1. The van der Waals surface area contributed by atoms with E-state index in [1.165, 1.54) is 55.5 Å². The Morgan fingerprint density at radius 2 is 2.00 bits per heavy atom. The topological polar surface area (TPSA) is 15.3 Å². The van der Waals surface area contributed by atoms with Crippen LogP contribution in [0.15, 0.2) is 18.2 Å². The maximum atomic E-state index is 3.65. The normalized spacial score (nSPS) is 24.3. The molecule has 0 spiro atoms. The van der Waals surface area contributed by atoms with Gasteiger partial charge in [0.1, 0.15) is 0 Å². The fraction of sp³-hybridized carbons (Fsp3) is 0.667. The summed E-state index contributed by atoms with van der Waals surface area (Å²) < 4.78 is 0. The van der Waals surface area contributed by atoms with E-state index in [1.807, 2.05) is 0 Å². The maximum Gasteiger partial charge on any atom is 0.0323 e. The number of benzene rings is 1. The predicted octanol–water partition coefficient (Wildman–Crippen LogP) is 3.58. The van der Waals surface area contributed by atoms with Gasteiger partial charge in [-0.3, -0.25) is 4.90 Å². The van der Waals surface area contributed by atoms with E-state index in [1.54, 1.807) is 0 Å². The van der Waals surface area contributed by atoms with E-state index in [0.29, 0.717) is 12.1 Å². The van der Waals surface area contributed by atoms with Crippen LogP contribution in [0.1, 0.15) is 55.3 Å². The van der Waals surface area contributed by atoms with Gasteiger partial charge in [0, 0.05) is 24.7 Å². The van der Waals surface area contributed by atoms with Crippen LogP contribution >= 0.6 is 0 Å². The molecular formula is C18H28N2. The molecular weight excluding hydrogens is 244 g/mol. The Morgan fingerprint density at radius 3 is 2.60 bits per heavy atom. The van der Waals surface area contributed by atoms with Crippen LogP contribution in [0.5, 0.6) is 0 Å². The van der Waals surface area contributed by atoms with Crippen molar-refractivity contribution in [2.24, 2.45) is 0 Å². The molecule has 0 amide bonds. The molecule has 1 aliphatic heterocycles. The van der Waals surface area contributed by atoms with Crippen molar-refractivity contribution >= 4 is 0 Å². The Kier molecular flexibility index (Phi) is 4.13. The van der Waals surface area contributed by atoms with Gasteiger partial charge in [0.2, 0.25) is 0 Å². The highest BCUT2D eigenvalue weighted by atomic mass is 15.2. The maximum absolute atomic E-state index is 3.65. The molecule has 1 aromatic rings. The van der Waals surface area contributed by atoms with E-state index in [0.717, 1.165) is 6.04 Å². The Balaban J connectivity index is 1.73. The highest BCUT2D eigenvalue weighted by molar-refractivity contribution is 5.31. The third-order valence-corrected chi connectivity index (χ3v) is 5.12. The molecule has 1 aromatic carbocycles. The molecule has 2 unspecified atom stereocenters. The number of hydrogen-bond donors (Lipinski definition) is 1. The smallest absolute Gasteiger partial charge is 0.0323 e. The van der Waals surface area contributed by atoms with Crippen LogP contribution in [0.3, 0.4) is 0 Å². The van der Waals surface area contributed by atoms with Gasteiger partial charge in [-0.1, -0.05) is 18.2 Å². The molecule has 2 heteroatoms. The molecule has 20 heavy (non-hydrogen) atoms. The highest BCUT2D eigenvalue weighted by Gasteiger charge is 2.34. The third-order valence-electron chi connectivity index (χ3n) is 5.12. The number of rotatable bonds is 5. The van der Waals surface area contributed by atoms with Crippen LogP contribution in [-0.2, 0) is 0 Å². The molecule has 2 fully saturated rings. The van der Waals surface area contributed by atoms with Crippen molar-refractivity contribution in [3.63, 3.8) is 0 Å². The molecule has 1 heterocycles. The van der Waals surface area contributed by atoms with Crippen molar-refractivity contribution in [3.05, 3.63) is 34.9 Å². The standard InChI is InChI=1S/C18H28N2/c1-13-6-7-16(11-14(13)2)15(3)20(18-8-9-18)12-17-5-4-10-19-17/h6-7,11,15,17-19H,4-5,8-10,12H2,1-3H3. The van der Waals surface area contributed by atoms with Gasteiger partial charge in [0.15, 0.2) is 0 Å². The molecule has 110 valence electrons. The minimum absolute atomic E-state index is 0.546. The molecule has 1 saturated carbocycles. The van der Waals surface area contributed by atoms with Crippen molar-refractivity contribution in [2.45, 2.75) is 64.6 Å². The van der Waals surface area contributed by atoms with E-state index in [-0.39, 0.29) is 0 Å². The average molecular weight is 272 g/mol. The second kappa shape index (κ2) is 5.87. The number of nitrogens with zero attached hydrogens (tertiary/aromatic N) is 1. The summed E-state index contributed by atoms with van der Waals surface area (Å²) in [6.45, 7) is 9.24. The van der Waals surface area contributed by atoms with Crippen LogP contribution in [0.4, 0.5) is 0 Å². The molecule has 2 aliphatic rings. The van der Waals surface area contributed by atoms with E-state index in [2.05, 4.69) is 49.2 Å². The molecule has 0 radical (unpaired) electrons. The van der Waals surface area contributed by atoms with Crippen LogP contribution < -0.4 is 5.32 Å². The van der Waals surface area contributed by atoms with E-state index in [4.69, 9.17) is 0 Å². The minimum Gasteiger partial charge on any atom is -0.313 e. The summed E-state index contributed by atoms with van der Waals surface area (Å²) in [5.41, 5.74) is 4.30. The number of aryl methyl sites for hydroxylation is 2. The van der Waals surface area contributed by atoms with Gasteiger partial charge in [0.05, 0.1) is 0 Å². The van der Waals surface area contributed by atoms with Gasteiger partial charge in [-0.05, 0) is 69.7 Å². The van der Waals surface area contributed by atoms with Crippen LogP contribution in [0, 0.1) is 13.8 Å². The first kappa shape index (κ1) is 14.1. The molecule has 0 aromatic heterocycles. The van der Waals surface area contributed by atoms with Gasteiger partial charge in [-0.25, -0.2) is 0 Å². The fourth-order valence-corrected chi connectivity index (χ4v) is 3.41. The molecule has 1 N–H and O–H groups in total. The van der Waals surface area contributed by atoms with E-state index >= 15 is 0 Å². The quantitative estimate of drug-likeness (QED) is 0.881. The summed E-state index contributed by atoms with van der Waals surface area (Å²) in [5.74, 6) is 0. The SMILES string of the molecule is Cc1ccc(C(C)N(CC2CCCN2)C2CC2)cc1C. The largest absolute Gasteiger partial charge is 0.313 e. The van der Waals surface area contributed by atoms with Crippen molar-refractivity contribution in [2.75, 3.05) is 13.1 Å². The monoisotopic (exact) mass is 272 g/mol. The molecule has 1 aliphatic carbocycles. The molecule has 2 nitrogen and oxygen atoms in total. The molecule has 1 saturated heterocycles. The van der Waals surface area contributed by atoms with Crippen molar-refractivity contribution in [1.82, 2.24) is 10.2 Å². The van der Waals surface area contributed by atoms with Crippen LogP contribution in [0.2, 0.25) is 0 Å². The van der Waals surface area contributed by atoms with Crippen LogP contribution in [-0.4, -0.2) is 30.1 Å². The van der Waals surface area contributed by atoms with Crippen LogP contribution in [0.25, 0.3) is 0 Å². The Morgan fingerprint density at radius 1 is 1.20 bits per heavy atom. The fourth-order valence-electron chi connectivity index (χ4n) is 3.41. The lowest BCUT2D eigenvalue weighted by atomic mass is 10.0. The van der Waals surface area contributed by atoms with Gasteiger partial charge in [-0.2, -0.15) is 0 Å². The lowest BCUT2D eigenvalue weighted by molar-refractivity contribution is 0.182. The van der Waals surface area contributed by atoms with Gasteiger partial charge < -0.3 is 5.32 Å². The molecule has 0 bridgehead atoms. The average Bonchev–Trinajstić information content (AvgIpc) is 3.15. The minimum atomic E-state index is 0.546. The lowest BCUT2D eigenvalue weighted by Crippen LogP contribution is -2.40. The molecule has 3 rings (SSSR count). The summed E-state index contributed by atoms with van der Waals surface area (Å²) in [6, 6.07) is 9.07.